The highest BCUT2D eigenvalue weighted by Gasteiger charge is 2.32. The van der Waals surface area contributed by atoms with Crippen LogP contribution in [0.2, 0.25) is 5.02 Å². The van der Waals surface area contributed by atoms with Crippen LogP contribution >= 0.6 is 11.6 Å². The zero-order valence-electron chi connectivity index (χ0n) is 13.3. The van der Waals surface area contributed by atoms with Crippen molar-refractivity contribution < 1.29 is 14.3 Å². The highest BCUT2D eigenvalue weighted by atomic mass is 35.5. The minimum atomic E-state index is -0.559. The third-order valence-corrected chi connectivity index (χ3v) is 3.72. The molecule has 1 aromatic rings. The molecule has 22 heavy (non-hydrogen) atoms. The molecule has 1 atom stereocenters. The van der Waals surface area contributed by atoms with Crippen LogP contribution in [-0.2, 0) is 9.53 Å². The van der Waals surface area contributed by atoms with E-state index in [1.54, 1.807) is 31.7 Å². The van der Waals surface area contributed by atoms with Crippen LogP contribution in [-0.4, -0.2) is 30.2 Å². The first-order valence-electron chi connectivity index (χ1n) is 7.22. The smallest absolute Gasteiger partial charge is 0.407 e. The van der Waals surface area contributed by atoms with Gasteiger partial charge in [0.25, 0.3) is 0 Å². The summed E-state index contributed by atoms with van der Waals surface area (Å²) in [7, 11) is 0. The summed E-state index contributed by atoms with van der Waals surface area (Å²) < 4.78 is 5.21. The molecule has 2 amide bonds. The van der Waals surface area contributed by atoms with Gasteiger partial charge < -0.3 is 15.0 Å². The number of hydrogen-bond donors (Lipinski definition) is 1. The van der Waals surface area contributed by atoms with Crippen LogP contribution in [0.1, 0.15) is 32.8 Å². The van der Waals surface area contributed by atoms with E-state index in [1.807, 2.05) is 19.1 Å². The van der Waals surface area contributed by atoms with Gasteiger partial charge in [-0.3, -0.25) is 4.79 Å². The van der Waals surface area contributed by atoms with Gasteiger partial charge in [-0.05, 0) is 45.4 Å². The summed E-state index contributed by atoms with van der Waals surface area (Å²) in [6, 6.07) is 5.24. The fourth-order valence-electron chi connectivity index (χ4n) is 2.28. The average molecular weight is 325 g/mol. The number of nitrogens with zero attached hydrogens (tertiary/aromatic N) is 1. The molecular formula is C16H21ClN2O3. The van der Waals surface area contributed by atoms with Crippen molar-refractivity contribution in [2.45, 2.75) is 45.8 Å². The third-order valence-electron chi connectivity index (χ3n) is 3.31. The number of aryl methyl sites for hydroxylation is 1. The minimum absolute atomic E-state index is 0.0408. The topological polar surface area (TPSA) is 58.6 Å². The van der Waals surface area contributed by atoms with Crippen molar-refractivity contribution in [3.05, 3.63) is 28.8 Å². The lowest BCUT2D eigenvalue weighted by Crippen LogP contribution is -2.40. The number of hydrogen-bond acceptors (Lipinski definition) is 3. The van der Waals surface area contributed by atoms with Gasteiger partial charge in [-0.1, -0.05) is 17.7 Å². The molecule has 1 saturated heterocycles. The summed E-state index contributed by atoms with van der Waals surface area (Å²) in [6.45, 7) is 7.72. The number of ether oxygens (including phenoxy) is 1. The molecule has 1 aliphatic heterocycles. The van der Waals surface area contributed by atoms with Gasteiger partial charge in [-0.25, -0.2) is 4.79 Å². The number of benzene rings is 1. The first kappa shape index (κ1) is 16.6. The van der Waals surface area contributed by atoms with Crippen molar-refractivity contribution in [3.63, 3.8) is 0 Å². The minimum Gasteiger partial charge on any atom is -0.444 e. The van der Waals surface area contributed by atoms with Crippen LogP contribution in [0.25, 0.3) is 0 Å². The van der Waals surface area contributed by atoms with Crippen molar-refractivity contribution in [3.8, 4) is 0 Å². The van der Waals surface area contributed by atoms with E-state index in [-0.39, 0.29) is 18.4 Å². The first-order chi connectivity index (χ1) is 10.2. The fourth-order valence-corrected chi connectivity index (χ4v) is 2.45. The van der Waals surface area contributed by atoms with Crippen LogP contribution in [0.3, 0.4) is 0 Å². The van der Waals surface area contributed by atoms with Crippen LogP contribution in [0.4, 0.5) is 10.5 Å². The van der Waals surface area contributed by atoms with Crippen LogP contribution < -0.4 is 10.2 Å². The number of anilines is 1. The average Bonchev–Trinajstić information content (AvgIpc) is 2.71. The predicted molar refractivity (Wildman–Crippen MR) is 86.3 cm³/mol. The number of amides is 2. The van der Waals surface area contributed by atoms with Gasteiger partial charge in [-0.2, -0.15) is 0 Å². The van der Waals surface area contributed by atoms with E-state index < -0.39 is 11.7 Å². The van der Waals surface area contributed by atoms with Gasteiger partial charge in [0, 0.05) is 23.7 Å². The van der Waals surface area contributed by atoms with Gasteiger partial charge >= 0.3 is 6.09 Å². The monoisotopic (exact) mass is 324 g/mol. The molecule has 0 aromatic heterocycles. The molecule has 0 bridgehead atoms. The Hall–Kier alpha value is -1.75. The molecule has 1 heterocycles. The lowest BCUT2D eigenvalue weighted by molar-refractivity contribution is -0.117. The molecule has 6 heteroatoms. The molecule has 1 aliphatic rings. The molecular weight excluding hydrogens is 304 g/mol. The summed E-state index contributed by atoms with van der Waals surface area (Å²) in [5.74, 6) is -0.0408. The molecule has 1 aromatic carbocycles. The number of carbonyl (C=O) groups excluding carboxylic acids is 2. The van der Waals surface area contributed by atoms with E-state index in [0.29, 0.717) is 11.6 Å². The third kappa shape index (κ3) is 4.13. The summed E-state index contributed by atoms with van der Waals surface area (Å²) in [6.07, 6.45) is -0.251. The second-order valence-corrected chi connectivity index (χ2v) is 6.89. The molecule has 0 radical (unpaired) electrons. The molecule has 0 spiro atoms. The van der Waals surface area contributed by atoms with E-state index in [9.17, 15) is 9.59 Å². The van der Waals surface area contributed by atoms with Crippen LogP contribution in [0, 0.1) is 6.92 Å². The maximum atomic E-state index is 12.1. The van der Waals surface area contributed by atoms with E-state index in [1.165, 1.54) is 0 Å². The van der Waals surface area contributed by atoms with Crippen molar-refractivity contribution >= 4 is 29.3 Å². The Bertz CT molecular complexity index is 596. The Labute approximate surface area is 135 Å². The van der Waals surface area contributed by atoms with Gasteiger partial charge in [0.2, 0.25) is 5.91 Å². The fraction of sp³-hybridized carbons (Fsp3) is 0.500. The quantitative estimate of drug-likeness (QED) is 0.908. The zero-order valence-corrected chi connectivity index (χ0v) is 14.0. The molecule has 0 aliphatic carbocycles. The molecule has 5 nitrogen and oxygen atoms in total. The number of nitrogens with one attached hydrogen (secondary N) is 1. The van der Waals surface area contributed by atoms with E-state index in [0.717, 1.165) is 11.3 Å². The van der Waals surface area contributed by atoms with E-state index in [4.69, 9.17) is 16.3 Å². The van der Waals surface area contributed by atoms with Gasteiger partial charge in [0.05, 0.1) is 6.04 Å². The summed E-state index contributed by atoms with van der Waals surface area (Å²) in [4.78, 5) is 25.6. The Morgan fingerprint density at radius 1 is 1.41 bits per heavy atom. The molecule has 1 unspecified atom stereocenters. The van der Waals surface area contributed by atoms with E-state index in [2.05, 4.69) is 5.32 Å². The molecule has 1 fully saturated rings. The highest BCUT2D eigenvalue weighted by Crippen LogP contribution is 2.26. The van der Waals surface area contributed by atoms with Gasteiger partial charge in [-0.15, -0.1) is 0 Å². The van der Waals surface area contributed by atoms with Crippen molar-refractivity contribution in [1.29, 1.82) is 0 Å². The SMILES string of the molecule is Cc1ccc(N2CC(NC(=O)OC(C)(C)C)CC2=O)cc1Cl. The second-order valence-electron chi connectivity index (χ2n) is 6.49. The Morgan fingerprint density at radius 2 is 2.09 bits per heavy atom. The number of carbonyl (C=O) groups is 2. The second kappa shape index (κ2) is 6.16. The first-order valence-corrected chi connectivity index (χ1v) is 7.59. The number of halogens is 1. The molecule has 0 saturated carbocycles. The number of rotatable bonds is 2. The lowest BCUT2D eigenvalue weighted by atomic mass is 10.2. The van der Waals surface area contributed by atoms with Crippen molar-refractivity contribution in [2.24, 2.45) is 0 Å². The lowest BCUT2D eigenvalue weighted by Gasteiger charge is -2.22. The Morgan fingerprint density at radius 3 is 2.68 bits per heavy atom. The zero-order chi connectivity index (χ0) is 16.5. The Balaban J connectivity index is 2.01. The summed E-state index contributed by atoms with van der Waals surface area (Å²) >= 11 is 6.11. The van der Waals surface area contributed by atoms with E-state index >= 15 is 0 Å². The Kier molecular flexibility index (Phi) is 4.66. The normalized spacial score (nSPS) is 18.5. The van der Waals surface area contributed by atoms with Gasteiger partial charge in [0.1, 0.15) is 5.60 Å². The molecule has 120 valence electrons. The standard InChI is InChI=1S/C16H21ClN2O3/c1-10-5-6-12(8-13(10)17)19-9-11(7-14(19)20)18-15(21)22-16(2,3)4/h5-6,8,11H,7,9H2,1-4H3,(H,18,21). The molecule has 1 N–H and O–H groups in total. The van der Waals surface area contributed by atoms with Crippen LogP contribution in [0.15, 0.2) is 18.2 Å². The maximum absolute atomic E-state index is 12.1. The summed E-state index contributed by atoms with van der Waals surface area (Å²) in [5.41, 5.74) is 1.14. The number of alkyl carbamates (subject to hydrolysis) is 1. The summed E-state index contributed by atoms with van der Waals surface area (Å²) in [5, 5.41) is 3.35. The molecule has 2 rings (SSSR count). The van der Waals surface area contributed by atoms with Crippen molar-refractivity contribution in [1.82, 2.24) is 5.32 Å². The maximum Gasteiger partial charge on any atom is 0.407 e. The predicted octanol–water partition coefficient (Wildman–Crippen LogP) is 3.28. The largest absolute Gasteiger partial charge is 0.444 e. The van der Waals surface area contributed by atoms with Crippen molar-refractivity contribution in [2.75, 3.05) is 11.4 Å². The highest BCUT2D eigenvalue weighted by molar-refractivity contribution is 6.31. The van der Waals surface area contributed by atoms with Gasteiger partial charge in [0.15, 0.2) is 0 Å². The van der Waals surface area contributed by atoms with Crippen LogP contribution in [0.5, 0.6) is 0 Å².